The summed E-state index contributed by atoms with van der Waals surface area (Å²) in [5.74, 6) is -0.642. The molecule has 0 aromatic carbocycles. The molecule has 0 bridgehead atoms. The lowest BCUT2D eigenvalue weighted by molar-refractivity contribution is -0.183. The van der Waals surface area contributed by atoms with E-state index in [2.05, 4.69) is 25.9 Å². The minimum atomic E-state index is -1.19. The summed E-state index contributed by atoms with van der Waals surface area (Å²) in [7, 11) is 0. The first-order valence-corrected chi connectivity index (χ1v) is 17.2. The normalized spacial score (nSPS) is 17.9. The fraction of sp³-hybridized carbons (Fsp3) is 0.781. The Kier molecular flexibility index (Phi) is 16.1. The highest BCUT2D eigenvalue weighted by Crippen LogP contribution is 2.29. The van der Waals surface area contributed by atoms with Crippen LogP contribution in [0.3, 0.4) is 0 Å². The number of imidazole rings is 1. The van der Waals surface area contributed by atoms with Crippen molar-refractivity contribution in [2.75, 3.05) is 26.2 Å². The molecule has 14 nitrogen and oxygen atoms in total. The molecule has 7 N–H and O–H groups in total. The molecule has 0 radical (unpaired) electrons. The van der Waals surface area contributed by atoms with Crippen molar-refractivity contribution in [1.82, 2.24) is 35.9 Å². The Bertz CT molecular complexity index is 1060. The van der Waals surface area contributed by atoms with Crippen molar-refractivity contribution in [2.45, 2.75) is 128 Å². The summed E-state index contributed by atoms with van der Waals surface area (Å²) < 4.78 is 0. The van der Waals surface area contributed by atoms with E-state index in [-0.39, 0.29) is 24.9 Å². The van der Waals surface area contributed by atoms with Gasteiger partial charge in [-0.1, -0.05) is 45.4 Å². The number of urea groups is 1. The molecule has 14 heteroatoms. The lowest BCUT2D eigenvalue weighted by atomic mass is 9.83. The van der Waals surface area contributed by atoms with Gasteiger partial charge in [0.25, 0.3) is 5.91 Å². The zero-order valence-electron chi connectivity index (χ0n) is 27.7. The molecular weight excluding hydrogens is 592 g/mol. The van der Waals surface area contributed by atoms with Crippen molar-refractivity contribution in [1.29, 1.82) is 0 Å². The number of hydroxylamine groups is 2. The highest BCUT2D eigenvalue weighted by molar-refractivity contribution is 5.88. The first-order chi connectivity index (χ1) is 22.2. The van der Waals surface area contributed by atoms with Gasteiger partial charge in [0.1, 0.15) is 0 Å². The van der Waals surface area contributed by atoms with E-state index >= 15 is 0 Å². The highest BCUT2D eigenvalue weighted by Gasteiger charge is 2.37. The van der Waals surface area contributed by atoms with Crippen molar-refractivity contribution in [3.63, 3.8) is 0 Å². The maximum Gasteiger partial charge on any atom is 0.434 e. The number of aromatic amines is 1. The van der Waals surface area contributed by atoms with Crippen LogP contribution in [-0.2, 0) is 20.8 Å². The molecule has 1 aromatic heterocycles. The number of hydrogen-bond donors (Lipinski definition) is 6. The molecule has 3 atom stereocenters. The predicted molar refractivity (Wildman–Crippen MR) is 173 cm³/mol. The number of unbranched alkanes of at least 4 members (excludes halogenated alkanes) is 1. The van der Waals surface area contributed by atoms with Crippen molar-refractivity contribution in [3.8, 4) is 0 Å². The van der Waals surface area contributed by atoms with E-state index in [1.54, 1.807) is 6.20 Å². The van der Waals surface area contributed by atoms with Crippen molar-refractivity contribution < 1.29 is 29.1 Å². The first-order valence-electron chi connectivity index (χ1n) is 17.2. The quantitative estimate of drug-likeness (QED) is 0.116. The van der Waals surface area contributed by atoms with Crippen molar-refractivity contribution in [2.24, 2.45) is 11.7 Å². The number of aliphatic hydroxyl groups is 1. The topological polar surface area (TPSA) is 195 Å². The Balaban J connectivity index is 1.81. The summed E-state index contributed by atoms with van der Waals surface area (Å²) in [5, 5.41) is 20.8. The predicted octanol–water partition coefficient (Wildman–Crippen LogP) is 2.73. The SMILES string of the molecule is CCCCC(=O)N(OC(=O)N1CCC(N)CC1)C(Cc1cnc[nH]1)C(=O)N[C@@H](CC1CCCCC1)[C@@H](O)CCCNC(=O)NCC. The number of H-pyrrole nitrogens is 1. The van der Waals surface area contributed by atoms with Gasteiger partial charge in [-0.05, 0) is 51.4 Å². The number of nitrogens with two attached hydrogens (primary N) is 1. The molecule has 5 amide bonds. The van der Waals surface area contributed by atoms with Gasteiger partial charge in [-0.2, -0.15) is 5.06 Å². The number of amides is 5. The number of nitrogens with one attached hydrogen (secondary N) is 4. The molecule has 3 rings (SSSR count). The van der Waals surface area contributed by atoms with E-state index in [4.69, 9.17) is 10.6 Å². The maximum atomic E-state index is 14.2. The van der Waals surface area contributed by atoms with E-state index in [9.17, 15) is 24.3 Å². The number of hydrogen-bond acceptors (Lipinski definition) is 8. The van der Waals surface area contributed by atoms with Crippen LogP contribution in [0, 0.1) is 5.92 Å². The molecule has 2 heterocycles. The van der Waals surface area contributed by atoms with Crippen LogP contribution in [0.1, 0.15) is 103 Å². The number of likely N-dealkylation sites (tertiary alicyclic amines) is 1. The van der Waals surface area contributed by atoms with Crippen LogP contribution in [0.5, 0.6) is 0 Å². The average molecular weight is 649 g/mol. The van der Waals surface area contributed by atoms with Gasteiger partial charge in [0, 0.05) is 57.0 Å². The minimum absolute atomic E-state index is 0.00189. The first kappa shape index (κ1) is 37.1. The number of carbonyl (C=O) groups is 4. The standard InChI is InChI=1S/C32H56N8O6/c1-3-5-13-29(42)40(46-32(45)39-17-14-24(33)15-18-39)27(20-25-21-34-22-37-25)30(43)38-26(19-23-10-7-6-8-11-23)28(41)12-9-16-36-31(44)35-4-2/h21-24,26-28,41H,3-20,33H2,1-2H3,(H,34,37)(H,38,43)(H2,35,36,44)/t26-,27?,28-/m0/s1. The van der Waals surface area contributed by atoms with Gasteiger partial charge in [-0.3, -0.25) is 9.59 Å². The van der Waals surface area contributed by atoms with Crippen molar-refractivity contribution in [3.05, 3.63) is 18.2 Å². The molecule has 1 saturated carbocycles. The molecule has 0 spiro atoms. The Labute approximate surface area is 272 Å². The largest absolute Gasteiger partial charge is 0.434 e. The average Bonchev–Trinajstić information content (AvgIpc) is 3.57. The molecule has 260 valence electrons. The number of rotatable bonds is 16. The molecule has 1 aromatic rings. The Hall–Kier alpha value is -3.39. The van der Waals surface area contributed by atoms with Crippen LogP contribution in [0.25, 0.3) is 0 Å². The van der Waals surface area contributed by atoms with Crippen LogP contribution < -0.4 is 21.7 Å². The van der Waals surface area contributed by atoms with Crippen molar-refractivity contribution >= 4 is 23.9 Å². The molecule has 1 unspecified atom stereocenters. The third kappa shape index (κ3) is 12.4. The van der Waals surface area contributed by atoms with Gasteiger partial charge in [0.05, 0.1) is 18.5 Å². The third-order valence-electron chi connectivity index (χ3n) is 8.92. The van der Waals surface area contributed by atoms with Gasteiger partial charge >= 0.3 is 12.1 Å². The molecule has 1 aliphatic heterocycles. The van der Waals surface area contributed by atoms with E-state index in [1.807, 2.05) is 13.8 Å². The number of nitrogens with zero attached hydrogens (tertiary/aromatic N) is 3. The number of aromatic nitrogens is 2. The summed E-state index contributed by atoms with van der Waals surface area (Å²) in [5.41, 5.74) is 6.61. The molecular formula is C32H56N8O6. The monoisotopic (exact) mass is 648 g/mol. The van der Waals surface area contributed by atoms with Crippen LogP contribution in [-0.4, -0.2) is 99.4 Å². The minimum Gasteiger partial charge on any atom is -0.391 e. The zero-order chi connectivity index (χ0) is 33.3. The van der Waals surface area contributed by atoms with Crippen LogP contribution in [0.15, 0.2) is 12.5 Å². The molecule has 1 saturated heterocycles. The van der Waals surface area contributed by atoms with E-state index < -0.39 is 36.1 Å². The van der Waals surface area contributed by atoms with E-state index in [0.29, 0.717) is 76.3 Å². The fourth-order valence-corrected chi connectivity index (χ4v) is 6.15. The fourth-order valence-electron chi connectivity index (χ4n) is 6.15. The van der Waals surface area contributed by atoms with Gasteiger partial charge in [-0.15, -0.1) is 0 Å². The molecule has 2 fully saturated rings. The smallest absolute Gasteiger partial charge is 0.391 e. The zero-order valence-corrected chi connectivity index (χ0v) is 27.7. The van der Waals surface area contributed by atoms with Gasteiger partial charge in [0.15, 0.2) is 6.04 Å². The number of piperidine rings is 1. The highest BCUT2D eigenvalue weighted by atomic mass is 16.7. The molecule has 1 aliphatic carbocycles. The van der Waals surface area contributed by atoms with E-state index in [0.717, 1.165) is 37.2 Å². The molecule has 2 aliphatic rings. The van der Waals surface area contributed by atoms with Crippen LogP contribution >= 0.6 is 0 Å². The summed E-state index contributed by atoms with van der Waals surface area (Å²) in [6, 6.07) is -2.04. The maximum absolute atomic E-state index is 14.2. The van der Waals surface area contributed by atoms with Gasteiger partial charge in [-0.25, -0.2) is 14.6 Å². The Morgan fingerprint density at radius 1 is 1.11 bits per heavy atom. The summed E-state index contributed by atoms with van der Waals surface area (Å²) >= 11 is 0. The van der Waals surface area contributed by atoms with E-state index in [1.165, 1.54) is 17.6 Å². The lowest BCUT2D eigenvalue weighted by Gasteiger charge is -2.35. The van der Waals surface area contributed by atoms with Gasteiger partial charge in [0.2, 0.25) is 5.91 Å². The van der Waals surface area contributed by atoms with Crippen LogP contribution in [0.2, 0.25) is 0 Å². The second-order valence-corrected chi connectivity index (χ2v) is 12.7. The Morgan fingerprint density at radius 3 is 2.50 bits per heavy atom. The summed E-state index contributed by atoms with van der Waals surface area (Å²) in [6.07, 6.45) is 11.1. The van der Waals surface area contributed by atoms with Crippen LogP contribution in [0.4, 0.5) is 9.59 Å². The third-order valence-corrected chi connectivity index (χ3v) is 8.92. The summed E-state index contributed by atoms with van der Waals surface area (Å²) in [6.45, 7) is 5.50. The second kappa shape index (κ2) is 20.0. The molecule has 46 heavy (non-hydrogen) atoms. The van der Waals surface area contributed by atoms with Gasteiger partial charge < -0.3 is 41.5 Å². The Morgan fingerprint density at radius 2 is 1.85 bits per heavy atom. The number of carbonyl (C=O) groups excluding carboxylic acids is 4. The lowest BCUT2D eigenvalue weighted by Crippen LogP contribution is -2.56. The summed E-state index contributed by atoms with van der Waals surface area (Å²) in [4.78, 5) is 67.2. The second-order valence-electron chi connectivity index (χ2n) is 12.7. The number of aliphatic hydroxyl groups excluding tert-OH is 1.